The fourth-order valence-corrected chi connectivity index (χ4v) is 2.62. The van der Waals surface area contributed by atoms with E-state index in [4.69, 9.17) is 5.11 Å². The van der Waals surface area contributed by atoms with Crippen LogP contribution in [0, 0.1) is 5.92 Å². The molecule has 1 heterocycles. The van der Waals surface area contributed by atoms with Crippen LogP contribution < -0.4 is 5.56 Å². The van der Waals surface area contributed by atoms with E-state index < -0.39 is 18.4 Å². The molecular formula is C19H22N2O4. The van der Waals surface area contributed by atoms with Gasteiger partial charge in [0.25, 0.3) is 5.91 Å². The van der Waals surface area contributed by atoms with Gasteiger partial charge in [-0.2, -0.15) is 0 Å². The van der Waals surface area contributed by atoms with Crippen molar-refractivity contribution in [2.45, 2.75) is 26.8 Å². The standard InChI is InChI=1S/C19H22N2O4/c1-13(2)8-16-9-15(10-17(22)20-16)19(25)21(12-18(23)24)11-14-6-4-3-5-7-14/h3-7,9-10,13H,8,11-12H2,1-2H3,(H,20,22)(H,23,24). The molecule has 0 bridgehead atoms. The van der Waals surface area contributed by atoms with Crippen LogP contribution in [-0.2, 0) is 17.8 Å². The molecule has 0 aliphatic carbocycles. The summed E-state index contributed by atoms with van der Waals surface area (Å²) in [6, 6.07) is 12.0. The maximum atomic E-state index is 12.8. The van der Waals surface area contributed by atoms with Gasteiger partial charge in [-0.25, -0.2) is 0 Å². The van der Waals surface area contributed by atoms with E-state index in [1.807, 2.05) is 44.2 Å². The molecule has 6 heteroatoms. The lowest BCUT2D eigenvalue weighted by Crippen LogP contribution is -2.35. The van der Waals surface area contributed by atoms with Crippen LogP contribution in [0.1, 0.15) is 35.5 Å². The molecule has 6 nitrogen and oxygen atoms in total. The van der Waals surface area contributed by atoms with Crippen molar-refractivity contribution < 1.29 is 14.7 Å². The van der Waals surface area contributed by atoms with Crippen molar-refractivity contribution in [2.75, 3.05) is 6.54 Å². The predicted octanol–water partition coefficient (Wildman–Crippen LogP) is 2.30. The quantitative estimate of drug-likeness (QED) is 0.808. The van der Waals surface area contributed by atoms with Gasteiger partial charge in [0.05, 0.1) is 0 Å². The van der Waals surface area contributed by atoms with E-state index in [1.165, 1.54) is 11.0 Å². The molecule has 0 unspecified atom stereocenters. The zero-order valence-electron chi connectivity index (χ0n) is 14.4. The van der Waals surface area contributed by atoms with E-state index in [1.54, 1.807) is 6.07 Å². The number of hydrogen-bond acceptors (Lipinski definition) is 3. The highest BCUT2D eigenvalue weighted by molar-refractivity contribution is 5.95. The van der Waals surface area contributed by atoms with Gasteiger partial charge < -0.3 is 15.0 Å². The Morgan fingerprint density at radius 2 is 1.84 bits per heavy atom. The van der Waals surface area contributed by atoms with Crippen molar-refractivity contribution >= 4 is 11.9 Å². The molecule has 2 rings (SSSR count). The number of aromatic amines is 1. The highest BCUT2D eigenvalue weighted by Gasteiger charge is 2.20. The van der Waals surface area contributed by atoms with Gasteiger partial charge in [0.2, 0.25) is 5.56 Å². The lowest BCUT2D eigenvalue weighted by molar-refractivity contribution is -0.137. The summed E-state index contributed by atoms with van der Waals surface area (Å²) >= 11 is 0. The molecule has 2 N–H and O–H groups in total. The summed E-state index contributed by atoms with van der Waals surface area (Å²) < 4.78 is 0. The Kier molecular flexibility index (Phi) is 6.11. The largest absolute Gasteiger partial charge is 0.480 e. The number of H-pyrrole nitrogens is 1. The summed E-state index contributed by atoms with van der Waals surface area (Å²) in [5.74, 6) is -1.25. The molecule has 25 heavy (non-hydrogen) atoms. The summed E-state index contributed by atoms with van der Waals surface area (Å²) in [6.45, 7) is 3.76. The van der Waals surface area contributed by atoms with Crippen molar-refractivity contribution in [3.8, 4) is 0 Å². The normalized spacial score (nSPS) is 10.7. The molecule has 0 aliphatic rings. The van der Waals surface area contributed by atoms with Crippen molar-refractivity contribution in [2.24, 2.45) is 5.92 Å². The summed E-state index contributed by atoms with van der Waals surface area (Å²) in [7, 11) is 0. The number of aliphatic carboxylic acids is 1. The fraction of sp³-hybridized carbons (Fsp3) is 0.316. The van der Waals surface area contributed by atoms with Crippen LogP contribution in [0.5, 0.6) is 0 Å². The van der Waals surface area contributed by atoms with Gasteiger partial charge in [0.15, 0.2) is 0 Å². The van der Waals surface area contributed by atoms with Crippen molar-refractivity contribution in [1.82, 2.24) is 9.88 Å². The second kappa shape index (κ2) is 8.28. The molecule has 1 aromatic heterocycles. The summed E-state index contributed by atoms with van der Waals surface area (Å²) in [5.41, 5.74) is 1.33. The Bertz CT molecular complexity index is 797. The molecule has 0 saturated carbocycles. The lowest BCUT2D eigenvalue weighted by atomic mass is 10.1. The molecule has 0 spiro atoms. The van der Waals surface area contributed by atoms with Gasteiger partial charge in [0, 0.05) is 23.9 Å². The van der Waals surface area contributed by atoms with E-state index in [-0.39, 0.29) is 17.7 Å². The van der Waals surface area contributed by atoms with E-state index >= 15 is 0 Å². The minimum Gasteiger partial charge on any atom is -0.480 e. The van der Waals surface area contributed by atoms with E-state index in [9.17, 15) is 14.4 Å². The van der Waals surface area contributed by atoms with Crippen LogP contribution >= 0.6 is 0 Å². The molecular weight excluding hydrogens is 320 g/mol. The number of nitrogens with one attached hydrogen (secondary N) is 1. The Morgan fingerprint density at radius 1 is 1.16 bits per heavy atom. The average Bonchev–Trinajstić information content (AvgIpc) is 2.53. The first-order valence-electron chi connectivity index (χ1n) is 8.13. The van der Waals surface area contributed by atoms with Crippen molar-refractivity contribution in [1.29, 1.82) is 0 Å². The number of benzene rings is 1. The van der Waals surface area contributed by atoms with Crippen molar-refractivity contribution in [3.63, 3.8) is 0 Å². The van der Waals surface area contributed by atoms with E-state index in [0.717, 1.165) is 5.56 Å². The Hall–Kier alpha value is -2.89. The average molecular weight is 342 g/mol. The van der Waals surface area contributed by atoms with Crippen LogP contribution in [0.4, 0.5) is 0 Å². The molecule has 1 amide bonds. The van der Waals surface area contributed by atoms with Crippen LogP contribution in [-0.4, -0.2) is 33.4 Å². The number of carbonyl (C=O) groups is 2. The zero-order valence-corrected chi connectivity index (χ0v) is 14.4. The number of rotatable bonds is 7. The highest BCUT2D eigenvalue weighted by atomic mass is 16.4. The van der Waals surface area contributed by atoms with Gasteiger partial charge in [-0.15, -0.1) is 0 Å². The third kappa shape index (κ3) is 5.60. The monoisotopic (exact) mass is 342 g/mol. The minimum atomic E-state index is -1.10. The topological polar surface area (TPSA) is 90.5 Å². The summed E-state index contributed by atoms with van der Waals surface area (Å²) in [4.78, 5) is 39.7. The van der Waals surface area contributed by atoms with Gasteiger partial charge in [0.1, 0.15) is 6.54 Å². The van der Waals surface area contributed by atoms with E-state index in [0.29, 0.717) is 18.0 Å². The molecule has 2 aromatic rings. The Balaban J connectivity index is 2.30. The van der Waals surface area contributed by atoms with Crippen molar-refractivity contribution in [3.05, 3.63) is 69.6 Å². The van der Waals surface area contributed by atoms with E-state index in [2.05, 4.69) is 4.98 Å². The number of aromatic nitrogens is 1. The Labute approximate surface area is 146 Å². The van der Waals surface area contributed by atoms with Crippen LogP contribution in [0.3, 0.4) is 0 Å². The van der Waals surface area contributed by atoms with Gasteiger partial charge in [-0.1, -0.05) is 44.2 Å². The molecule has 0 atom stereocenters. The maximum Gasteiger partial charge on any atom is 0.323 e. The molecule has 132 valence electrons. The SMILES string of the molecule is CC(C)Cc1cc(C(=O)N(CC(=O)O)Cc2ccccc2)cc(=O)[nH]1. The third-order valence-electron chi connectivity index (χ3n) is 3.60. The van der Waals surface area contributed by atoms with Crippen LogP contribution in [0.2, 0.25) is 0 Å². The molecule has 0 fully saturated rings. The number of pyridine rings is 1. The van der Waals surface area contributed by atoms with Crippen LogP contribution in [0.25, 0.3) is 0 Å². The van der Waals surface area contributed by atoms with Crippen LogP contribution in [0.15, 0.2) is 47.3 Å². The number of hydrogen-bond donors (Lipinski definition) is 2. The maximum absolute atomic E-state index is 12.8. The number of nitrogens with zero attached hydrogens (tertiary/aromatic N) is 1. The first kappa shape index (κ1) is 18.4. The number of carbonyl (C=O) groups excluding carboxylic acids is 1. The van der Waals surface area contributed by atoms with Gasteiger partial charge in [-0.3, -0.25) is 14.4 Å². The summed E-state index contributed by atoms with van der Waals surface area (Å²) in [5, 5.41) is 9.12. The zero-order chi connectivity index (χ0) is 18.4. The minimum absolute atomic E-state index is 0.165. The summed E-state index contributed by atoms with van der Waals surface area (Å²) in [6.07, 6.45) is 0.633. The highest BCUT2D eigenvalue weighted by Crippen LogP contribution is 2.11. The second-order valence-electron chi connectivity index (χ2n) is 6.40. The fourth-order valence-electron chi connectivity index (χ4n) is 2.62. The second-order valence-corrected chi connectivity index (χ2v) is 6.40. The molecule has 0 aliphatic heterocycles. The number of carboxylic acids is 1. The Morgan fingerprint density at radius 3 is 2.44 bits per heavy atom. The molecule has 0 saturated heterocycles. The first-order chi connectivity index (χ1) is 11.8. The third-order valence-corrected chi connectivity index (χ3v) is 3.60. The smallest absolute Gasteiger partial charge is 0.323 e. The first-order valence-corrected chi connectivity index (χ1v) is 8.13. The number of carboxylic acid groups (broad SMARTS) is 1. The molecule has 0 radical (unpaired) electrons. The number of amides is 1. The predicted molar refractivity (Wildman–Crippen MR) is 94.4 cm³/mol. The molecule has 1 aromatic carbocycles. The van der Waals surface area contributed by atoms with Gasteiger partial charge in [-0.05, 0) is 24.0 Å². The lowest BCUT2D eigenvalue weighted by Gasteiger charge is -2.21. The van der Waals surface area contributed by atoms with Gasteiger partial charge >= 0.3 is 5.97 Å².